The molecule has 7 heteroatoms. The van der Waals surface area contributed by atoms with Crippen molar-refractivity contribution < 1.29 is 18.7 Å². The normalized spacial score (nSPS) is 10.2. The van der Waals surface area contributed by atoms with Crippen molar-refractivity contribution in [1.82, 2.24) is 15.8 Å². The van der Waals surface area contributed by atoms with Crippen LogP contribution in [0.4, 0.5) is 0 Å². The van der Waals surface area contributed by atoms with E-state index in [0.717, 1.165) is 5.56 Å². The number of rotatable bonds is 5. The number of furan rings is 1. The monoisotopic (exact) mass is 351 g/mol. The van der Waals surface area contributed by atoms with Gasteiger partial charge in [-0.15, -0.1) is 0 Å². The lowest BCUT2D eigenvalue weighted by Gasteiger charge is -2.06. The summed E-state index contributed by atoms with van der Waals surface area (Å²) in [5.41, 5.74) is 6.06. The van der Waals surface area contributed by atoms with E-state index in [0.29, 0.717) is 17.1 Å². The van der Waals surface area contributed by atoms with Gasteiger partial charge in [0.25, 0.3) is 5.91 Å². The van der Waals surface area contributed by atoms with Crippen LogP contribution in [-0.2, 0) is 6.61 Å². The molecule has 2 N–H and O–H groups in total. The van der Waals surface area contributed by atoms with Crippen molar-refractivity contribution in [2.24, 2.45) is 0 Å². The number of aryl methyl sites for hydroxylation is 1. The zero-order valence-electron chi connectivity index (χ0n) is 14.1. The summed E-state index contributed by atoms with van der Waals surface area (Å²) in [6.07, 6.45) is 2.95. The first-order valence-corrected chi connectivity index (χ1v) is 7.91. The Balaban J connectivity index is 1.51. The van der Waals surface area contributed by atoms with Gasteiger partial charge in [-0.1, -0.05) is 17.7 Å². The quantitative estimate of drug-likeness (QED) is 0.689. The van der Waals surface area contributed by atoms with Crippen molar-refractivity contribution in [3.05, 3.63) is 83.6 Å². The maximum absolute atomic E-state index is 12.0. The summed E-state index contributed by atoms with van der Waals surface area (Å²) in [6.45, 7) is 2.19. The molecule has 3 rings (SSSR count). The van der Waals surface area contributed by atoms with Crippen molar-refractivity contribution in [3.63, 3.8) is 0 Å². The Morgan fingerprint density at radius 1 is 1.04 bits per heavy atom. The van der Waals surface area contributed by atoms with Gasteiger partial charge in [0.05, 0.1) is 5.56 Å². The molecule has 0 radical (unpaired) electrons. The van der Waals surface area contributed by atoms with Crippen LogP contribution in [0.1, 0.15) is 32.2 Å². The minimum absolute atomic E-state index is 0.0685. The number of benzene rings is 1. The SMILES string of the molecule is Cc1ccc(OCc2ccc(C(=O)NNC(=O)c3cccnc3)o2)cc1. The van der Waals surface area contributed by atoms with Crippen molar-refractivity contribution >= 4 is 11.8 Å². The second kappa shape index (κ2) is 7.98. The van der Waals surface area contributed by atoms with Crippen LogP contribution in [0.2, 0.25) is 0 Å². The Morgan fingerprint density at radius 3 is 2.54 bits per heavy atom. The summed E-state index contributed by atoms with van der Waals surface area (Å²) in [7, 11) is 0. The first-order valence-electron chi connectivity index (χ1n) is 7.91. The molecule has 132 valence electrons. The van der Waals surface area contributed by atoms with Crippen LogP contribution in [0.5, 0.6) is 5.75 Å². The van der Waals surface area contributed by atoms with Gasteiger partial charge >= 0.3 is 5.91 Å². The number of nitrogens with zero attached hydrogens (tertiary/aromatic N) is 1. The molecule has 0 aliphatic rings. The standard InChI is InChI=1S/C19H17N3O4/c1-13-4-6-15(7-5-13)25-12-16-8-9-17(26-16)19(24)22-21-18(23)14-3-2-10-20-11-14/h2-11H,12H2,1H3,(H,21,23)(H,22,24). The zero-order chi connectivity index (χ0) is 18.4. The number of amides is 2. The zero-order valence-corrected chi connectivity index (χ0v) is 14.1. The lowest BCUT2D eigenvalue weighted by Crippen LogP contribution is -2.41. The summed E-state index contributed by atoms with van der Waals surface area (Å²) < 4.78 is 11.0. The number of hydrogen-bond donors (Lipinski definition) is 2. The second-order valence-electron chi connectivity index (χ2n) is 5.52. The molecule has 0 spiro atoms. The molecule has 2 aromatic heterocycles. The number of aromatic nitrogens is 1. The number of pyridine rings is 1. The Bertz CT molecular complexity index is 889. The molecule has 0 saturated heterocycles. The Morgan fingerprint density at radius 2 is 1.81 bits per heavy atom. The average Bonchev–Trinajstić information content (AvgIpc) is 3.15. The van der Waals surface area contributed by atoms with E-state index in [1.807, 2.05) is 31.2 Å². The van der Waals surface area contributed by atoms with Crippen LogP contribution < -0.4 is 15.6 Å². The van der Waals surface area contributed by atoms with Gasteiger partial charge in [0, 0.05) is 12.4 Å². The van der Waals surface area contributed by atoms with Gasteiger partial charge in [0.1, 0.15) is 18.1 Å². The van der Waals surface area contributed by atoms with Crippen LogP contribution in [0.25, 0.3) is 0 Å². The Labute approximate surface area is 150 Å². The summed E-state index contributed by atoms with van der Waals surface area (Å²) in [5.74, 6) is 0.236. The summed E-state index contributed by atoms with van der Waals surface area (Å²) >= 11 is 0. The third-order valence-electron chi connectivity index (χ3n) is 3.50. The average molecular weight is 351 g/mol. The third kappa shape index (κ3) is 4.47. The number of hydrogen-bond acceptors (Lipinski definition) is 5. The number of ether oxygens (including phenoxy) is 1. The third-order valence-corrected chi connectivity index (χ3v) is 3.50. The van der Waals surface area contributed by atoms with Gasteiger partial charge in [-0.3, -0.25) is 25.4 Å². The van der Waals surface area contributed by atoms with E-state index < -0.39 is 11.8 Å². The van der Waals surface area contributed by atoms with Crippen LogP contribution >= 0.6 is 0 Å². The van der Waals surface area contributed by atoms with Crippen molar-refractivity contribution in [1.29, 1.82) is 0 Å². The molecular weight excluding hydrogens is 334 g/mol. The van der Waals surface area contributed by atoms with Gasteiger partial charge in [-0.2, -0.15) is 0 Å². The predicted molar refractivity (Wildman–Crippen MR) is 93.4 cm³/mol. The Hall–Kier alpha value is -3.61. The molecule has 0 saturated carbocycles. The van der Waals surface area contributed by atoms with E-state index in [9.17, 15) is 9.59 Å². The van der Waals surface area contributed by atoms with Crippen LogP contribution in [0.15, 0.2) is 65.3 Å². The predicted octanol–water partition coefficient (Wildman–Crippen LogP) is 2.64. The largest absolute Gasteiger partial charge is 0.486 e. The maximum atomic E-state index is 12.0. The summed E-state index contributed by atoms with van der Waals surface area (Å²) in [5, 5.41) is 0. The van der Waals surface area contributed by atoms with Gasteiger partial charge in [-0.05, 0) is 43.3 Å². The molecule has 0 fully saturated rings. The van der Waals surface area contributed by atoms with E-state index in [2.05, 4.69) is 15.8 Å². The fourth-order valence-corrected chi connectivity index (χ4v) is 2.11. The summed E-state index contributed by atoms with van der Waals surface area (Å²) in [6, 6.07) is 14.0. The molecule has 0 atom stereocenters. The van der Waals surface area contributed by atoms with Crippen LogP contribution in [0.3, 0.4) is 0 Å². The number of hydrazine groups is 1. The lowest BCUT2D eigenvalue weighted by atomic mass is 10.2. The molecule has 2 amide bonds. The molecule has 1 aromatic carbocycles. The first kappa shape index (κ1) is 17.2. The highest BCUT2D eigenvalue weighted by Gasteiger charge is 2.13. The van der Waals surface area contributed by atoms with Crippen LogP contribution in [0, 0.1) is 6.92 Å². The number of nitrogens with one attached hydrogen (secondary N) is 2. The maximum Gasteiger partial charge on any atom is 0.305 e. The molecule has 2 heterocycles. The highest BCUT2D eigenvalue weighted by atomic mass is 16.5. The highest BCUT2D eigenvalue weighted by molar-refractivity contribution is 5.97. The first-order chi connectivity index (χ1) is 12.6. The van der Waals surface area contributed by atoms with E-state index >= 15 is 0 Å². The van der Waals surface area contributed by atoms with E-state index in [-0.39, 0.29) is 12.4 Å². The number of carbonyl (C=O) groups excluding carboxylic acids is 2. The number of carbonyl (C=O) groups is 2. The van der Waals surface area contributed by atoms with E-state index in [1.54, 1.807) is 24.4 Å². The van der Waals surface area contributed by atoms with Crippen LogP contribution in [-0.4, -0.2) is 16.8 Å². The smallest absolute Gasteiger partial charge is 0.305 e. The topological polar surface area (TPSA) is 93.5 Å². The molecule has 0 aliphatic carbocycles. The fraction of sp³-hybridized carbons (Fsp3) is 0.105. The van der Waals surface area contributed by atoms with Crippen molar-refractivity contribution in [2.45, 2.75) is 13.5 Å². The van der Waals surface area contributed by atoms with Crippen molar-refractivity contribution in [2.75, 3.05) is 0 Å². The van der Waals surface area contributed by atoms with E-state index in [1.165, 1.54) is 12.3 Å². The molecule has 0 unspecified atom stereocenters. The van der Waals surface area contributed by atoms with Gasteiger partial charge < -0.3 is 9.15 Å². The Kier molecular flexibility index (Phi) is 5.28. The van der Waals surface area contributed by atoms with Crippen molar-refractivity contribution in [3.8, 4) is 5.75 Å². The molecule has 7 nitrogen and oxygen atoms in total. The molecule has 0 aliphatic heterocycles. The second-order valence-corrected chi connectivity index (χ2v) is 5.52. The fourth-order valence-electron chi connectivity index (χ4n) is 2.11. The summed E-state index contributed by atoms with van der Waals surface area (Å²) in [4.78, 5) is 27.7. The molecular formula is C19H17N3O4. The molecule has 26 heavy (non-hydrogen) atoms. The minimum atomic E-state index is -0.566. The highest BCUT2D eigenvalue weighted by Crippen LogP contribution is 2.15. The van der Waals surface area contributed by atoms with Gasteiger partial charge in [-0.25, -0.2) is 0 Å². The molecule has 3 aromatic rings. The lowest BCUT2D eigenvalue weighted by molar-refractivity contribution is 0.0828. The van der Waals surface area contributed by atoms with Gasteiger partial charge in [0.15, 0.2) is 5.76 Å². The molecule has 0 bridgehead atoms. The minimum Gasteiger partial charge on any atom is -0.486 e. The van der Waals surface area contributed by atoms with Gasteiger partial charge in [0.2, 0.25) is 0 Å². The van der Waals surface area contributed by atoms with E-state index in [4.69, 9.17) is 9.15 Å².